The molecule has 7 heteroatoms. The van der Waals surface area contributed by atoms with Crippen LogP contribution in [0.1, 0.15) is 16.8 Å². The lowest BCUT2D eigenvalue weighted by Gasteiger charge is -2.22. The van der Waals surface area contributed by atoms with Crippen LogP contribution < -0.4 is 5.63 Å². The first-order valence-corrected chi connectivity index (χ1v) is 10.3. The van der Waals surface area contributed by atoms with Gasteiger partial charge >= 0.3 is 5.63 Å². The first-order valence-electron chi connectivity index (χ1n) is 10.3. The molecule has 1 aliphatic rings. The number of carbonyl (C=O) groups is 2. The second-order valence-corrected chi connectivity index (χ2v) is 7.53. The second-order valence-electron chi connectivity index (χ2n) is 7.53. The number of rotatable bonds is 4. The lowest BCUT2D eigenvalue weighted by molar-refractivity contribution is -0.135. The molecule has 0 atom stereocenters. The zero-order chi connectivity index (χ0) is 21.8. The monoisotopic (exact) mass is 420 g/mol. The number of benzene rings is 2. The Morgan fingerprint density at radius 3 is 2.58 bits per heavy atom. The fourth-order valence-electron chi connectivity index (χ4n) is 3.85. The Morgan fingerprint density at radius 1 is 0.968 bits per heavy atom. The highest BCUT2D eigenvalue weighted by Gasteiger charge is 2.23. The Hall–Kier alpha value is -3.45. The number of nitrogens with zero attached hydrogens (tertiary/aromatic N) is 2. The minimum atomic E-state index is -0.439. The third-order valence-corrected chi connectivity index (χ3v) is 5.47. The van der Waals surface area contributed by atoms with E-state index in [1.807, 2.05) is 18.2 Å². The maximum atomic E-state index is 13.1. The van der Waals surface area contributed by atoms with Crippen LogP contribution in [0.25, 0.3) is 22.1 Å². The van der Waals surface area contributed by atoms with Crippen molar-refractivity contribution in [2.45, 2.75) is 6.42 Å². The van der Waals surface area contributed by atoms with Crippen molar-refractivity contribution in [3.63, 3.8) is 0 Å². The molecule has 0 saturated carbocycles. The molecule has 7 nitrogen and oxygen atoms in total. The second kappa shape index (κ2) is 9.14. The number of methoxy groups -OCH3 is 1. The van der Waals surface area contributed by atoms with E-state index in [-0.39, 0.29) is 18.4 Å². The van der Waals surface area contributed by atoms with Crippen LogP contribution in [-0.2, 0) is 9.53 Å². The van der Waals surface area contributed by atoms with Crippen LogP contribution >= 0.6 is 0 Å². The molecule has 0 spiro atoms. The summed E-state index contributed by atoms with van der Waals surface area (Å²) in [5, 5.41) is 0.821. The van der Waals surface area contributed by atoms with Crippen LogP contribution in [0.4, 0.5) is 0 Å². The van der Waals surface area contributed by atoms with Gasteiger partial charge in [0.2, 0.25) is 5.91 Å². The summed E-state index contributed by atoms with van der Waals surface area (Å²) in [4.78, 5) is 41.2. The number of ether oxygens (including phenoxy) is 1. The lowest BCUT2D eigenvalue weighted by Crippen LogP contribution is -2.38. The first kappa shape index (κ1) is 20.8. The Labute approximate surface area is 179 Å². The number of para-hydroxylation sites is 1. The predicted octanol–water partition coefficient (Wildman–Crippen LogP) is 2.78. The fourth-order valence-corrected chi connectivity index (χ4v) is 3.85. The molecule has 1 saturated heterocycles. The topological polar surface area (TPSA) is 80.1 Å². The zero-order valence-electron chi connectivity index (χ0n) is 17.4. The van der Waals surface area contributed by atoms with Gasteiger partial charge in [0, 0.05) is 44.2 Å². The highest BCUT2D eigenvalue weighted by atomic mass is 16.5. The molecule has 2 amide bonds. The molecule has 0 aliphatic carbocycles. The van der Waals surface area contributed by atoms with E-state index < -0.39 is 5.63 Å². The zero-order valence-corrected chi connectivity index (χ0v) is 17.4. The van der Waals surface area contributed by atoms with Crippen molar-refractivity contribution in [3.05, 3.63) is 70.6 Å². The van der Waals surface area contributed by atoms with E-state index in [0.29, 0.717) is 54.9 Å². The van der Waals surface area contributed by atoms with Gasteiger partial charge in [-0.05, 0) is 36.2 Å². The van der Waals surface area contributed by atoms with E-state index in [1.54, 1.807) is 46.2 Å². The summed E-state index contributed by atoms with van der Waals surface area (Å²) in [6.45, 7) is 2.14. The molecule has 4 rings (SSSR count). The van der Waals surface area contributed by atoms with E-state index in [1.165, 1.54) is 7.11 Å². The molecule has 1 aliphatic heterocycles. The summed E-state index contributed by atoms with van der Waals surface area (Å²) >= 11 is 0. The molecule has 1 fully saturated rings. The average molecular weight is 420 g/mol. The normalized spacial score (nSPS) is 14.5. The van der Waals surface area contributed by atoms with Crippen molar-refractivity contribution in [2.24, 2.45) is 0 Å². The molecule has 1 aromatic heterocycles. The molecule has 31 heavy (non-hydrogen) atoms. The van der Waals surface area contributed by atoms with Gasteiger partial charge in [0.1, 0.15) is 12.2 Å². The van der Waals surface area contributed by atoms with Gasteiger partial charge in [-0.2, -0.15) is 0 Å². The quantitative estimate of drug-likeness (QED) is 0.607. The lowest BCUT2D eigenvalue weighted by atomic mass is 10.0. The van der Waals surface area contributed by atoms with Crippen LogP contribution in [0.15, 0.2) is 63.8 Å². The van der Waals surface area contributed by atoms with Gasteiger partial charge in [0.25, 0.3) is 5.91 Å². The Balaban J connectivity index is 1.56. The van der Waals surface area contributed by atoms with Crippen LogP contribution in [0.5, 0.6) is 0 Å². The van der Waals surface area contributed by atoms with Crippen LogP contribution in [0.2, 0.25) is 0 Å². The van der Waals surface area contributed by atoms with E-state index in [4.69, 9.17) is 9.15 Å². The number of amides is 2. The Bertz CT molecular complexity index is 1170. The highest BCUT2D eigenvalue weighted by Crippen LogP contribution is 2.22. The summed E-state index contributed by atoms with van der Waals surface area (Å²) in [7, 11) is 1.49. The van der Waals surface area contributed by atoms with Gasteiger partial charge in [-0.3, -0.25) is 9.59 Å². The molecule has 2 heterocycles. The maximum Gasteiger partial charge on any atom is 0.344 e. The number of fused-ring (bicyclic) bond motifs is 1. The maximum absolute atomic E-state index is 13.1. The third-order valence-electron chi connectivity index (χ3n) is 5.47. The van der Waals surface area contributed by atoms with Gasteiger partial charge < -0.3 is 19.0 Å². The summed E-state index contributed by atoms with van der Waals surface area (Å²) in [6, 6.07) is 16.1. The molecule has 2 aromatic carbocycles. The van der Waals surface area contributed by atoms with Gasteiger partial charge in [0.05, 0.1) is 5.56 Å². The van der Waals surface area contributed by atoms with E-state index >= 15 is 0 Å². The average Bonchev–Trinajstić information content (AvgIpc) is 3.05. The number of carbonyl (C=O) groups excluding carboxylic acids is 2. The van der Waals surface area contributed by atoms with Crippen LogP contribution in [-0.4, -0.2) is 61.5 Å². The smallest absolute Gasteiger partial charge is 0.344 e. The van der Waals surface area contributed by atoms with Crippen molar-refractivity contribution in [1.82, 2.24) is 9.80 Å². The summed E-state index contributed by atoms with van der Waals surface area (Å²) in [5.41, 5.74) is 1.64. The molecular weight excluding hydrogens is 396 g/mol. The molecule has 0 unspecified atom stereocenters. The Morgan fingerprint density at radius 2 is 1.74 bits per heavy atom. The fraction of sp³-hybridized carbons (Fsp3) is 0.292. The summed E-state index contributed by atoms with van der Waals surface area (Å²) < 4.78 is 10.4. The van der Waals surface area contributed by atoms with Crippen LogP contribution in [0, 0.1) is 0 Å². The van der Waals surface area contributed by atoms with Gasteiger partial charge in [-0.1, -0.05) is 30.3 Å². The van der Waals surface area contributed by atoms with E-state index in [9.17, 15) is 14.4 Å². The SMILES string of the molecule is COCC(=O)N1CCCN(C(=O)c2cccc(-c3cc4ccccc4oc3=O)c2)CC1. The molecule has 0 radical (unpaired) electrons. The van der Waals surface area contributed by atoms with E-state index in [2.05, 4.69) is 0 Å². The van der Waals surface area contributed by atoms with Crippen molar-refractivity contribution in [2.75, 3.05) is 39.9 Å². The summed E-state index contributed by atoms with van der Waals surface area (Å²) in [5.74, 6) is -0.185. The Kier molecular flexibility index (Phi) is 6.13. The van der Waals surface area contributed by atoms with Crippen molar-refractivity contribution in [3.8, 4) is 11.1 Å². The number of hydrogen-bond donors (Lipinski definition) is 0. The third kappa shape index (κ3) is 4.51. The van der Waals surface area contributed by atoms with Gasteiger partial charge in [-0.25, -0.2) is 4.79 Å². The van der Waals surface area contributed by atoms with Gasteiger partial charge in [-0.15, -0.1) is 0 Å². The predicted molar refractivity (Wildman–Crippen MR) is 117 cm³/mol. The largest absolute Gasteiger partial charge is 0.422 e. The molecule has 0 N–H and O–H groups in total. The minimum absolute atomic E-state index is 0.0460. The van der Waals surface area contributed by atoms with Crippen LogP contribution in [0.3, 0.4) is 0 Å². The highest BCUT2D eigenvalue weighted by molar-refractivity contribution is 5.96. The summed E-state index contributed by atoms with van der Waals surface area (Å²) in [6.07, 6.45) is 0.704. The molecular formula is C24H24N2O5. The van der Waals surface area contributed by atoms with Crippen molar-refractivity contribution in [1.29, 1.82) is 0 Å². The first-order chi connectivity index (χ1) is 15.1. The minimum Gasteiger partial charge on any atom is -0.422 e. The van der Waals surface area contributed by atoms with Crippen molar-refractivity contribution >= 4 is 22.8 Å². The standard InChI is InChI=1S/C24H24N2O5/c1-30-16-22(27)25-10-5-11-26(13-12-25)23(28)19-8-4-7-17(14-19)20-15-18-6-2-3-9-21(18)31-24(20)29/h2-4,6-9,14-15H,5,10-13,16H2,1H3. The molecule has 160 valence electrons. The molecule has 0 bridgehead atoms. The van der Waals surface area contributed by atoms with Gasteiger partial charge in [0.15, 0.2) is 0 Å². The van der Waals surface area contributed by atoms with E-state index in [0.717, 1.165) is 5.39 Å². The van der Waals surface area contributed by atoms with Crippen molar-refractivity contribution < 1.29 is 18.7 Å². The molecule has 3 aromatic rings. The number of hydrogen-bond acceptors (Lipinski definition) is 5.